The van der Waals surface area contributed by atoms with Crippen LogP contribution in [0.1, 0.15) is 0 Å². The van der Waals surface area contributed by atoms with E-state index in [1.165, 1.54) is 20.3 Å². The van der Waals surface area contributed by atoms with Gasteiger partial charge in [0, 0.05) is 23.9 Å². The van der Waals surface area contributed by atoms with Crippen molar-refractivity contribution < 1.29 is 22.7 Å². The summed E-state index contributed by atoms with van der Waals surface area (Å²) in [6.07, 6.45) is 0. The van der Waals surface area contributed by atoms with Gasteiger partial charge in [0.15, 0.2) is 9.84 Å². The topological polar surface area (TPSA) is 81.7 Å². The number of benzene rings is 1. The molecule has 1 heterocycles. The van der Waals surface area contributed by atoms with Gasteiger partial charge in [-0.05, 0) is 11.4 Å². The van der Waals surface area contributed by atoms with Crippen LogP contribution in [0.4, 0.5) is 5.69 Å². The van der Waals surface area contributed by atoms with Gasteiger partial charge in [0.2, 0.25) is 5.91 Å². The smallest absolute Gasteiger partial charge is 0.239 e. The average molecular weight is 341 g/mol. The van der Waals surface area contributed by atoms with E-state index in [-0.39, 0.29) is 4.21 Å². The second kappa shape index (κ2) is 6.80. The monoisotopic (exact) mass is 341 g/mol. The Bertz CT molecular complexity index is 731. The molecule has 0 aliphatic carbocycles. The SMILES string of the molecule is COc1cc(NC(=O)CS(=O)(=O)c2cccs2)cc(OC)c1. The summed E-state index contributed by atoms with van der Waals surface area (Å²) in [6, 6.07) is 7.92. The Morgan fingerprint density at radius 2 is 1.82 bits per heavy atom. The molecule has 0 bridgehead atoms. The van der Waals surface area contributed by atoms with Gasteiger partial charge in [0.05, 0.1) is 14.2 Å². The maximum Gasteiger partial charge on any atom is 0.239 e. The Morgan fingerprint density at radius 3 is 2.32 bits per heavy atom. The third-order valence-corrected chi connectivity index (χ3v) is 5.86. The van der Waals surface area contributed by atoms with Crippen LogP contribution in [0.3, 0.4) is 0 Å². The number of thiophene rings is 1. The summed E-state index contributed by atoms with van der Waals surface area (Å²) >= 11 is 1.08. The van der Waals surface area contributed by atoms with Crippen molar-refractivity contribution in [2.75, 3.05) is 25.3 Å². The van der Waals surface area contributed by atoms with Gasteiger partial charge in [0.25, 0.3) is 0 Å². The molecule has 0 saturated heterocycles. The first-order chi connectivity index (χ1) is 10.4. The van der Waals surface area contributed by atoms with E-state index in [4.69, 9.17) is 9.47 Å². The van der Waals surface area contributed by atoms with Crippen molar-refractivity contribution in [3.05, 3.63) is 35.7 Å². The predicted octanol–water partition coefficient (Wildman–Crippen LogP) is 2.18. The van der Waals surface area contributed by atoms with Crippen molar-refractivity contribution in [2.24, 2.45) is 0 Å². The first-order valence-corrected chi connectivity index (χ1v) is 8.77. The lowest BCUT2D eigenvalue weighted by Gasteiger charge is -2.09. The van der Waals surface area contributed by atoms with E-state index in [1.54, 1.807) is 29.6 Å². The molecule has 1 aromatic heterocycles. The van der Waals surface area contributed by atoms with Crippen molar-refractivity contribution in [2.45, 2.75) is 4.21 Å². The van der Waals surface area contributed by atoms with Gasteiger partial charge in [-0.2, -0.15) is 0 Å². The van der Waals surface area contributed by atoms with Crippen LogP contribution in [0.2, 0.25) is 0 Å². The van der Waals surface area contributed by atoms with E-state index in [0.29, 0.717) is 17.2 Å². The molecule has 6 nitrogen and oxygen atoms in total. The number of carbonyl (C=O) groups is 1. The zero-order valence-electron chi connectivity index (χ0n) is 12.0. The minimum Gasteiger partial charge on any atom is -0.497 e. The van der Waals surface area contributed by atoms with Crippen molar-refractivity contribution in [1.82, 2.24) is 0 Å². The van der Waals surface area contributed by atoms with Crippen molar-refractivity contribution >= 4 is 32.8 Å². The minimum atomic E-state index is -3.62. The second-order valence-electron chi connectivity index (χ2n) is 4.34. The zero-order valence-corrected chi connectivity index (χ0v) is 13.7. The fourth-order valence-corrected chi connectivity index (χ4v) is 3.98. The third-order valence-electron chi connectivity index (χ3n) is 2.76. The summed E-state index contributed by atoms with van der Waals surface area (Å²) in [5.41, 5.74) is 0.405. The number of anilines is 1. The summed E-state index contributed by atoms with van der Waals surface area (Å²) in [4.78, 5) is 12.0. The minimum absolute atomic E-state index is 0.172. The molecule has 0 fully saturated rings. The first-order valence-electron chi connectivity index (χ1n) is 6.24. The van der Waals surface area contributed by atoms with E-state index in [0.717, 1.165) is 11.3 Å². The third kappa shape index (κ3) is 3.99. The van der Waals surface area contributed by atoms with Crippen molar-refractivity contribution in [3.8, 4) is 11.5 Å². The number of rotatable bonds is 6. The molecule has 0 spiro atoms. The lowest BCUT2D eigenvalue weighted by Crippen LogP contribution is -2.22. The molecule has 0 aliphatic rings. The van der Waals surface area contributed by atoms with Crippen LogP contribution in [0, 0.1) is 0 Å². The van der Waals surface area contributed by atoms with E-state index in [1.807, 2.05) is 0 Å². The predicted molar refractivity (Wildman–Crippen MR) is 84.5 cm³/mol. The largest absolute Gasteiger partial charge is 0.497 e. The molecule has 2 aromatic rings. The number of hydrogen-bond acceptors (Lipinski definition) is 6. The summed E-state index contributed by atoms with van der Waals surface area (Å²) in [7, 11) is -0.648. The normalized spacial score (nSPS) is 11.0. The molecule has 0 atom stereocenters. The van der Waals surface area contributed by atoms with Gasteiger partial charge >= 0.3 is 0 Å². The molecule has 0 saturated carbocycles. The maximum absolute atomic E-state index is 12.0. The Morgan fingerprint density at radius 1 is 1.18 bits per heavy atom. The Kier molecular flexibility index (Phi) is 5.04. The summed E-state index contributed by atoms with van der Waals surface area (Å²) in [5.74, 6) is -0.247. The van der Waals surface area contributed by atoms with Crippen molar-refractivity contribution in [1.29, 1.82) is 0 Å². The average Bonchev–Trinajstić information content (AvgIpc) is 3.01. The molecule has 1 amide bonds. The Labute approximate surface area is 132 Å². The van der Waals surface area contributed by atoms with Crippen LogP contribution < -0.4 is 14.8 Å². The maximum atomic E-state index is 12.0. The van der Waals surface area contributed by atoms with Crippen LogP contribution in [0.25, 0.3) is 0 Å². The first kappa shape index (κ1) is 16.3. The molecule has 2 rings (SSSR count). The van der Waals surface area contributed by atoms with Gasteiger partial charge in [-0.3, -0.25) is 4.79 Å². The highest BCUT2D eigenvalue weighted by molar-refractivity contribution is 7.94. The fraction of sp³-hybridized carbons (Fsp3) is 0.214. The molecular weight excluding hydrogens is 326 g/mol. The van der Waals surface area contributed by atoms with E-state index in [2.05, 4.69) is 5.32 Å². The zero-order chi connectivity index (χ0) is 16.2. The summed E-state index contributed by atoms with van der Waals surface area (Å²) in [6.45, 7) is 0. The number of sulfone groups is 1. The molecule has 118 valence electrons. The lowest BCUT2D eigenvalue weighted by atomic mass is 10.2. The molecule has 0 radical (unpaired) electrons. The van der Waals surface area contributed by atoms with Crippen LogP contribution in [0.5, 0.6) is 11.5 Å². The number of methoxy groups -OCH3 is 2. The molecule has 1 N–H and O–H groups in total. The van der Waals surface area contributed by atoms with Gasteiger partial charge in [0.1, 0.15) is 21.5 Å². The lowest BCUT2D eigenvalue weighted by molar-refractivity contribution is -0.113. The van der Waals surface area contributed by atoms with Crippen molar-refractivity contribution in [3.63, 3.8) is 0 Å². The van der Waals surface area contributed by atoms with Gasteiger partial charge in [-0.15, -0.1) is 11.3 Å². The number of hydrogen-bond donors (Lipinski definition) is 1. The van der Waals surface area contributed by atoms with E-state index >= 15 is 0 Å². The van der Waals surface area contributed by atoms with Gasteiger partial charge < -0.3 is 14.8 Å². The highest BCUT2D eigenvalue weighted by atomic mass is 32.2. The Balaban J connectivity index is 2.12. The molecule has 1 aromatic carbocycles. The molecular formula is C14H15NO5S2. The van der Waals surface area contributed by atoms with E-state index in [9.17, 15) is 13.2 Å². The van der Waals surface area contributed by atoms with Crippen LogP contribution in [0.15, 0.2) is 39.9 Å². The molecule has 8 heteroatoms. The van der Waals surface area contributed by atoms with Crippen LogP contribution >= 0.6 is 11.3 Å². The molecule has 22 heavy (non-hydrogen) atoms. The van der Waals surface area contributed by atoms with Crippen LogP contribution in [-0.2, 0) is 14.6 Å². The summed E-state index contributed by atoms with van der Waals surface area (Å²) < 4.78 is 34.4. The fourth-order valence-electron chi connectivity index (χ4n) is 1.76. The highest BCUT2D eigenvalue weighted by Crippen LogP contribution is 2.26. The van der Waals surface area contributed by atoms with Gasteiger partial charge in [-0.1, -0.05) is 6.07 Å². The van der Waals surface area contributed by atoms with Crippen LogP contribution in [-0.4, -0.2) is 34.3 Å². The number of ether oxygens (including phenoxy) is 2. The highest BCUT2D eigenvalue weighted by Gasteiger charge is 2.20. The standard InChI is InChI=1S/C14H15NO5S2/c1-19-11-6-10(7-12(8-11)20-2)15-13(16)9-22(17,18)14-4-3-5-21-14/h3-8H,9H2,1-2H3,(H,15,16). The number of carbonyl (C=O) groups excluding carboxylic acids is 1. The number of amides is 1. The second-order valence-corrected chi connectivity index (χ2v) is 7.50. The molecule has 0 unspecified atom stereocenters. The van der Waals surface area contributed by atoms with E-state index < -0.39 is 21.5 Å². The quantitative estimate of drug-likeness (QED) is 0.871. The number of nitrogens with one attached hydrogen (secondary N) is 1. The summed E-state index contributed by atoms with van der Waals surface area (Å²) in [5, 5.41) is 4.19. The van der Waals surface area contributed by atoms with Gasteiger partial charge in [-0.25, -0.2) is 8.42 Å². The molecule has 0 aliphatic heterocycles. The Hall–Kier alpha value is -2.06.